The van der Waals surface area contributed by atoms with Gasteiger partial charge in [-0.3, -0.25) is 4.79 Å². The molecular weight excluding hydrogens is 354 g/mol. The van der Waals surface area contributed by atoms with Crippen molar-refractivity contribution in [2.24, 2.45) is 0 Å². The van der Waals surface area contributed by atoms with Gasteiger partial charge in [-0.1, -0.05) is 36.4 Å². The van der Waals surface area contributed by atoms with Gasteiger partial charge in [0.1, 0.15) is 5.75 Å². The van der Waals surface area contributed by atoms with E-state index in [0.29, 0.717) is 18.6 Å². The summed E-state index contributed by atoms with van der Waals surface area (Å²) in [6.45, 7) is 2.63. The van der Waals surface area contributed by atoms with E-state index in [9.17, 15) is 13.2 Å². The minimum absolute atomic E-state index is 0.0181. The monoisotopic (exact) mass is 377 g/mol. The number of ether oxygens (including phenoxy) is 1. The fourth-order valence-electron chi connectivity index (χ4n) is 2.46. The number of carbonyl (C=O) groups is 1. The zero-order valence-electron chi connectivity index (χ0n) is 14.6. The fourth-order valence-corrected chi connectivity index (χ4v) is 3.50. The van der Waals surface area contributed by atoms with Crippen molar-refractivity contribution in [3.05, 3.63) is 65.2 Å². The topological polar surface area (TPSA) is 92.7 Å². The highest BCUT2D eigenvalue weighted by molar-refractivity contribution is 7.89. The molecule has 0 amide bonds. The number of nitrogens with one attached hydrogen (secondary N) is 1. The zero-order valence-corrected chi connectivity index (χ0v) is 15.5. The Kier molecular flexibility index (Phi) is 7.17. The van der Waals surface area contributed by atoms with Crippen molar-refractivity contribution in [2.75, 3.05) is 12.4 Å². The molecule has 0 aliphatic heterocycles. The molecule has 140 valence electrons. The van der Waals surface area contributed by atoms with E-state index in [1.165, 1.54) is 0 Å². The molecule has 0 radical (unpaired) electrons. The Balaban J connectivity index is 1.87. The van der Waals surface area contributed by atoms with E-state index in [2.05, 4.69) is 4.72 Å². The van der Waals surface area contributed by atoms with Gasteiger partial charge in [0, 0.05) is 6.54 Å². The second-order valence-electron chi connectivity index (χ2n) is 5.86. The highest BCUT2D eigenvalue weighted by atomic mass is 32.2. The minimum Gasteiger partial charge on any atom is -0.494 e. The van der Waals surface area contributed by atoms with Crippen LogP contribution < -0.4 is 9.46 Å². The fraction of sp³-hybridized carbons (Fsp3) is 0.316. The third-order valence-electron chi connectivity index (χ3n) is 3.74. The number of benzene rings is 2. The number of hydrogen-bond donors (Lipinski definition) is 2. The van der Waals surface area contributed by atoms with Crippen molar-refractivity contribution in [3.8, 4) is 5.75 Å². The van der Waals surface area contributed by atoms with Gasteiger partial charge in [0.15, 0.2) is 0 Å². The van der Waals surface area contributed by atoms with Crippen molar-refractivity contribution in [1.29, 1.82) is 0 Å². The number of carboxylic acid groups (broad SMARTS) is 1. The van der Waals surface area contributed by atoms with Crippen LogP contribution in [0.1, 0.15) is 23.6 Å². The molecule has 2 aromatic rings. The maximum atomic E-state index is 12.2. The molecule has 2 aromatic carbocycles. The lowest BCUT2D eigenvalue weighted by Crippen LogP contribution is -2.26. The van der Waals surface area contributed by atoms with E-state index < -0.39 is 16.0 Å². The van der Waals surface area contributed by atoms with E-state index >= 15 is 0 Å². The first-order valence-corrected chi connectivity index (χ1v) is 10.0. The van der Waals surface area contributed by atoms with Crippen molar-refractivity contribution in [2.45, 2.75) is 26.3 Å². The summed E-state index contributed by atoms with van der Waals surface area (Å²) in [6.07, 6.45) is 0.319. The van der Waals surface area contributed by atoms with Gasteiger partial charge in [-0.2, -0.15) is 0 Å². The molecule has 7 heteroatoms. The second kappa shape index (κ2) is 9.35. The van der Waals surface area contributed by atoms with Gasteiger partial charge >= 0.3 is 5.97 Å². The second-order valence-corrected chi connectivity index (χ2v) is 7.78. The summed E-state index contributed by atoms with van der Waals surface area (Å²) in [5.74, 6) is -0.174. The molecule has 0 heterocycles. The van der Waals surface area contributed by atoms with Crippen LogP contribution >= 0.6 is 0 Å². The molecule has 6 nitrogen and oxygen atoms in total. The highest BCUT2D eigenvalue weighted by Crippen LogP contribution is 2.13. The molecule has 0 aromatic heterocycles. The molecule has 0 saturated heterocycles. The lowest BCUT2D eigenvalue weighted by molar-refractivity contribution is -0.136. The van der Waals surface area contributed by atoms with E-state index in [-0.39, 0.29) is 18.7 Å². The van der Waals surface area contributed by atoms with Crippen LogP contribution in [-0.2, 0) is 34.2 Å². The lowest BCUT2D eigenvalue weighted by atomic mass is 10.1. The lowest BCUT2D eigenvalue weighted by Gasteiger charge is -2.09. The van der Waals surface area contributed by atoms with Gasteiger partial charge in [-0.15, -0.1) is 0 Å². The van der Waals surface area contributed by atoms with Crippen LogP contribution in [0.3, 0.4) is 0 Å². The Morgan fingerprint density at radius 2 is 1.77 bits per heavy atom. The zero-order chi connectivity index (χ0) is 19.0. The third kappa shape index (κ3) is 6.85. The van der Waals surface area contributed by atoms with E-state index in [4.69, 9.17) is 9.84 Å². The average Bonchev–Trinajstić information content (AvgIpc) is 2.60. The quantitative estimate of drug-likeness (QED) is 0.663. The van der Waals surface area contributed by atoms with Crippen LogP contribution in [-0.4, -0.2) is 31.9 Å². The molecule has 0 unspecified atom stereocenters. The summed E-state index contributed by atoms with van der Waals surface area (Å²) in [7, 11) is -3.43. The highest BCUT2D eigenvalue weighted by Gasteiger charge is 2.11. The molecule has 0 atom stereocenters. The molecule has 0 aliphatic rings. The molecule has 2 rings (SSSR count). The van der Waals surface area contributed by atoms with Crippen LogP contribution in [0.4, 0.5) is 0 Å². The van der Waals surface area contributed by atoms with Gasteiger partial charge in [0.05, 0.1) is 18.8 Å². The number of aryl methyl sites for hydroxylation is 1. The first-order valence-electron chi connectivity index (χ1n) is 8.36. The van der Waals surface area contributed by atoms with Crippen LogP contribution in [0.25, 0.3) is 0 Å². The summed E-state index contributed by atoms with van der Waals surface area (Å²) >= 11 is 0. The standard InChI is InChI=1S/C19H23NO5S/c1-2-25-18-8-6-15(7-9-18)10-11-26(23,24)20-14-17-5-3-4-16(12-17)13-19(21)22/h3-9,12,20H,2,10-11,13-14H2,1H3,(H,21,22). The maximum absolute atomic E-state index is 12.2. The summed E-state index contributed by atoms with van der Waals surface area (Å²) in [4.78, 5) is 10.8. The SMILES string of the molecule is CCOc1ccc(CCS(=O)(=O)NCc2cccc(CC(=O)O)c2)cc1. The van der Waals surface area contributed by atoms with Gasteiger partial charge in [-0.05, 0) is 42.2 Å². The van der Waals surface area contributed by atoms with Crippen LogP contribution in [0.2, 0.25) is 0 Å². The van der Waals surface area contributed by atoms with Crippen LogP contribution in [0.5, 0.6) is 5.75 Å². The smallest absolute Gasteiger partial charge is 0.307 e. The summed E-state index contributed by atoms with van der Waals surface area (Å²) in [5, 5.41) is 8.82. The number of hydrogen-bond acceptors (Lipinski definition) is 4. The maximum Gasteiger partial charge on any atom is 0.307 e. The third-order valence-corrected chi connectivity index (χ3v) is 5.06. The Hall–Kier alpha value is -2.38. The predicted molar refractivity (Wildman–Crippen MR) is 99.7 cm³/mol. The number of rotatable bonds is 10. The number of sulfonamides is 1. The summed E-state index contributed by atoms with van der Waals surface area (Å²) < 4.78 is 32.3. The first kappa shape index (κ1) is 19.9. The Bertz CT molecular complexity index is 831. The first-order chi connectivity index (χ1) is 12.4. The average molecular weight is 377 g/mol. The Labute approximate surface area is 153 Å². The number of aliphatic carboxylic acids is 1. The van der Waals surface area contributed by atoms with Crippen molar-refractivity contribution in [1.82, 2.24) is 4.72 Å². The van der Waals surface area contributed by atoms with Gasteiger partial charge in [-0.25, -0.2) is 13.1 Å². The Morgan fingerprint density at radius 1 is 1.08 bits per heavy atom. The van der Waals surface area contributed by atoms with Crippen molar-refractivity contribution < 1.29 is 23.1 Å². The molecule has 0 spiro atoms. The summed E-state index contributed by atoms with van der Waals surface area (Å²) in [6, 6.07) is 14.3. The molecule has 0 saturated carbocycles. The van der Waals surface area contributed by atoms with E-state index in [1.54, 1.807) is 24.3 Å². The van der Waals surface area contributed by atoms with E-state index in [0.717, 1.165) is 16.9 Å². The molecule has 26 heavy (non-hydrogen) atoms. The Morgan fingerprint density at radius 3 is 2.42 bits per heavy atom. The molecule has 2 N–H and O–H groups in total. The van der Waals surface area contributed by atoms with Gasteiger partial charge in [0.25, 0.3) is 0 Å². The predicted octanol–water partition coefficient (Wildman–Crippen LogP) is 2.37. The van der Waals surface area contributed by atoms with Crippen LogP contribution in [0, 0.1) is 0 Å². The van der Waals surface area contributed by atoms with Crippen molar-refractivity contribution in [3.63, 3.8) is 0 Å². The van der Waals surface area contributed by atoms with Crippen LogP contribution in [0.15, 0.2) is 48.5 Å². The minimum atomic E-state index is -3.43. The normalized spacial score (nSPS) is 11.3. The van der Waals surface area contributed by atoms with Gasteiger partial charge < -0.3 is 9.84 Å². The van der Waals surface area contributed by atoms with E-state index in [1.807, 2.05) is 31.2 Å². The summed E-state index contributed by atoms with van der Waals surface area (Å²) in [5.41, 5.74) is 2.29. The molecule has 0 bridgehead atoms. The molecule has 0 aliphatic carbocycles. The van der Waals surface area contributed by atoms with Crippen molar-refractivity contribution >= 4 is 16.0 Å². The van der Waals surface area contributed by atoms with Gasteiger partial charge in [0.2, 0.25) is 10.0 Å². The largest absolute Gasteiger partial charge is 0.494 e. The molecular formula is C19H23NO5S. The molecule has 0 fully saturated rings. The number of carboxylic acids is 1.